The van der Waals surface area contributed by atoms with Gasteiger partial charge in [-0.1, -0.05) is 60.6 Å². The third-order valence-corrected chi connectivity index (χ3v) is 4.12. The van der Waals surface area contributed by atoms with Crippen molar-refractivity contribution in [2.45, 2.75) is 78.7 Å². The largest absolute Gasteiger partial charge is 0.492 e. The van der Waals surface area contributed by atoms with E-state index in [-0.39, 0.29) is 10.8 Å². The van der Waals surface area contributed by atoms with Gasteiger partial charge in [0, 0.05) is 12.6 Å². The summed E-state index contributed by atoms with van der Waals surface area (Å²) in [4.78, 5) is 0. The fourth-order valence-corrected chi connectivity index (χ4v) is 2.32. The standard InChI is InChI=1S/C20H35NO/c1-9-15(2)21-12-13-22-18-11-10-16(19(3,4)5)14-17(18)20(6,7)8/h10-11,14-15,21H,9,12-13H2,1-8H3. The molecule has 2 heteroatoms. The summed E-state index contributed by atoms with van der Waals surface area (Å²) in [5.74, 6) is 1.02. The van der Waals surface area contributed by atoms with Crippen LogP contribution in [0, 0.1) is 0 Å². The molecule has 0 aromatic heterocycles. The van der Waals surface area contributed by atoms with Crippen LogP contribution in [0.25, 0.3) is 0 Å². The zero-order chi connectivity index (χ0) is 17.0. The zero-order valence-corrected chi connectivity index (χ0v) is 15.8. The van der Waals surface area contributed by atoms with Gasteiger partial charge in [-0.3, -0.25) is 0 Å². The lowest BCUT2D eigenvalue weighted by atomic mass is 9.80. The molecular weight excluding hydrogens is 270 g/mol. The van der Waals surface area contributed by atoms with Gasteiger partial charge in [-0.15, -0.1) is 0 Å². The van der Waals surface area contributed by atoms with Crippen molar-refractivity contribution in [2.24, 2.45) is 0 Å². The van der Waals surface area contributed by atoms with Gasteiger partial charge in [0.2, 0.25) is 0 Å². The molecule has 1 N–H and O–H groups in total. The van der Waals surface area contributed by atoms with Crippen LogP contribution in [0.1, 0.15) is 72.9 Å². The first-order valence-corrected chi connectivity index (χ1v) is 8.57. The van der Waals surface area contributed by atoms with E-state index in [1.54, 1.807) is 0 Å². The Bertz CT molecular complexity index is 466. The molecule has 0 fully saturated rings. The van der Waals surface area contributed by atoms with Crippen LogP contribution in [0.2, 0.25) is 0 Å². The van der Waals surface area contributed by atoms with Crippen molar-refractivity contribution in [3.8, 4) is 5.75 Å². The van der Waals surface area contributed by atoms with Crippen molar-refractivity contribution in [1.82, 2.24) is 5.32 Å². The average molecular weight is 306 g/mol. The van der Waals surface area contributed by atoms with Crippen molar-refractivity contribution >= 4 is 0 Å². The first-order chi connectivity index (χ1) is 10.1. The summed E-state index contributed by atoms with van der Waals surface area (Å²) in [7, 11) is 0. The molecule has 0 aliphatic heterocycles. The predicted octanol–water partition coefficient (Wildman–Crippen LogP) is 5.05. The highest BCUT2D eigenvalue weighted by Crippen LogP contribution is 2.35. The lowest BCUT2D eigenvalue weighted by Gasteiger charge is -2.27. The van der Waals surface area contributed by atoms with Crippen molar-refractivity contribution in [1.29, 1.82) is 0 Å². The van der Waals surface area contributed by atoms with Gasteiger partial charge in [-0.05, 0) is 41.4 Å². The molecule has 0 saturated heterocycles. The molecule has 2 nitrogen and oxygen atoms in total. The highest BCUT2D eigenvalue weighted by atomic mass is 16.5. The third-order valence-electron chi connectivity index (χ3n) is 4.12. The number of rotatable bonds is 6. The lowest BCUT2D eigenvalue weighted by molar-refractivity contribution is 0.298. The molecule has 0 heterocycles. The molecule has 0 aliphatic rings. The fraction of sp³-hybridized carbons (Fsp3) is 0.700. The van der Waals surface area contributed by atoms with Crippen LogP contribution in [0.3, 0.4) is 0 Å². The second-order valence-corrected chi connectivity index (χ2v) is 8.32. The molecule has 1 unspecified atom stereocenters. The van der Waals surface area contributed by atoms with E-state index < -0.39 is 0 Å². The van der Waals surface area contributed by atoms with E-state index in [1.807, 2.05) is 0 Å². The Hall–Kier alpha value is -1.02. The Morgan fingerprint density at radius 3 is 2.18 bits per heavy atom. The molecule has 0 radical (unpaired) electrons. The van der Waals surface area contributed by atoms with E-state index in [9.17, 15) is 0 Å². The Balaban J connectivity index is 2.86. The Labute approximate surface area is 137 Å². The second-order valence-electron chi connectivity index (χ2n) is 8.32. The molecule has 0 amide bonds. The van der Waals surface area contributed by atoms with Crippen LogP contribution >= 0.6 is 0 Å². The van der Waals surface area contributed by atoms with Crippen LogP contribution in [0.15, 0.2) is 18.2 Å². The molecule has 126 valence electrons. The number of ether oxygens (including phenoxy) is 1. The Morgan fingerprint density at radius 1 is 1.05 bits per heavy atom. The second kappa shape index (κ2) is 7.50. The predicted molar refractivity (Wildman–Crippen MR) is 97.1 cm³/mol. The average Bonchev–Trinajstić information content (AvgIpc) is 2.41. The minimum atomic E-state index is 0.0841. The van der Waals surface area contributed by atoms with Crippen LogP contribution in [-0.4, -0.2) is 19.2 Å². The molecule has 1 aromatic rings. The van der Waals surface area contributed by atoms with Crippen molar-refractivity contribution < 1.29 is 4.74 Å². The summed E-state index contributed by atoms with van der Waals surface area (Å²) in [5, 5.41) is 3.47. The first-order valence-electron chi connectivity index (χ1n) is 8.57. The van der Waals surface area contributed by atoms with Crippen LogP contribution < -0.4 is 10.1 Å². The van der Waals surface area contributed by atoms with Crippen LogP contribution in [-0.2, 0) is 10.8 Å². The lowest BCUT2D eigenvalue weighted by Crippen LogP contribution is -2.29. The van der Waals surface area contributed by atoms with Gasteiger partial charge in [-0.2, -0.15) is 0 Å². The van der Waals surface area contributed by atoms with Crippen LogP contribution in [0.4, 0.5) is 0 Å². The summed E-state index contributed by atoms with van der Waals surface area (Å²) in [6.45, 7) is 19.5. The molecule has 1 rings (SSSR count). The molecule has 0 spiro atoms. The van der Waals surface area contributed by atoms with Gasteiger partial charge in [0.05, 0.1) is 0 Å². The van der Waals surface area contributed by atoms with Gasteiger partial charge >= 0.3 is 0 Å². The van der Waals surface area contributed by atoms with E-state index in [2.05, 4.69) is 78.9 Å². The van der Waals surface area contributed by atoms with E-state index in [1.165, 1.54) is 11.1 Å². The topological polar surface area (TPSA) is 21.3 Å². The number of hydrogen-bond acceptors (Lipinski definition) is 2. The normalized spacial score (nSPS) is 14.0. The Morgan fingerprint density at radius 2 is 1.68 bits per heavy atom. The maximum Gasteiger partial charge on any atom is 0.123 e. The fourth-order valence-electron chi connectivity index (χ4n) is 2.32. The summed E-state index contributed by atoms with van der Waals surface area (Å²) in [6, 6.07) is 7.21. The summed E-state index contributed by atoms with van der Waals surface area (Å²) in [6.07, 6.45) is 1.15. The highest BCUT2D eigenvalue weighted by molar-refractivity contribution is 5.43. The molecular formula is C20H35NO. The smallest absolute Gasteiger partial charge is 0.123 e. The number of benzene rings is 1. The van der Waals surface area contributed by atoms with Crippen LogP contribution in [0.5, 0.6) is 5.75 Å². The number of hydrogen-bond donors (Lipinski definition) is 1. The van der Waals surface area contributed by atoms with Gasteiger partial charge < -0.3 is 10.1 Å². The zero-order valence-electron chi connectivity index (χ0n) is 15.8. The van der Waals surface area contributed by atoms with E-state index >= 15 is 0 Å². The minimum absolute atomic E-state index is 0.0841. The first kappa shape index (κ1) is 19.0. The molecule has 0 bridgehead atoms. The minimum Gasteiger partial charge on any atom is -0.492 e. The Kier molecular flexibility index (Phi) is 6.49. The number of nitrogens with one attached hydrogen (secondary N) is 1. The molecule has 1 aromatic carbocycles. The molecule has 0 aliphatic carbocycles. The summed E-state index contributed by atoms with van der Waals surface area (Å²) >= 11 is 0. The van der Waals surface area contributed by atoms with Gasteiger partial charge in [0.1, 0.15) is 12.4 Å². The van der Waals surface area contributed by atoms with Gasteiger partial charge in [0.15, 0.2) is 0 Å². The van der Waals surface area contributed by atoms with Crippen molar-refractivity contribution in [3.63, 3.8) is 0 Å². The summed E-state index contributed by atoms with van der Waals surface area (Å²) in [5.41, 5.74) is 2.91. The maximum atomic E-state index is 6.06. The van der Waals surface area contributed by atoms with Crippen molar-refractivity contribution in [2.75, 3.05) is 13.2 Å². The van der Waals surface area contributed by atoms with E-state index in [0.717, 1.165) is 18.7 Å². The maximum absolute atomic E-state index is 6.06. The monoisotopic (exact) mass is 305 g/mol. The molecule has 22 heavy (non-hydrogen) atoms. The van der Waals surface area contributed by atoms with E-state index in [0.29, 0.717) is 12.6 Å². The van der Waals surface area contributed by atoms with Gasteiger partial charge in [0.25, 0.3) is 0 Å². The highest BCUT2D eigenvalue weighted by Gasteiger charge is 2.22. The molecule has 0 saturated carbocycles. The van der Waals surface area contributed by atoms with Gasteiger partial charge in [-0.25, -0.2) is 0 Å². The quantitative estimate of drug-likeness (QED) is 0.743. The van der Waals surface area contributed by atoms with Crippen molar-refractivity contribution in [3.05, 3.63) is 29.3 Å². The molecule has 1 atom stereocenters. The third kappa shape index (κ3) is 5.64. The van der Waals surface area contributed by atoms with E-state index in [4.69, 9.17) is 4.74 Å². The summed E-state index contributed by atoms with van der Waals surface area (Å²) < 4.78 is 6.06. The SMILES string of the molecule is CCC(C)NCCOc1ccc(C(C)(C)C)cc1C(C)(C)C.